The van der Waals surface area contributed by atoms with Crippen molar-refractivity contribution in [1.29, 1.82) is 0 Å². The lowest BCUT2D eigenvalue weighted by atomic mass is 9.93. The SMILES string of the molecule is CCOc1cc(Cl)cc(-c2ccc(N3CCC(CC(=O)O)CC3)c(NS(=O)(=O)c3cccc(C(F)(F)F)c3)c2)c1. The molecule has 1 aliphatic heterocycles. The van der Waals surface area contributed by atoms with E-state index in [1.165, 1.54) is 0 Å². The Morgan fingerprint density at radius 2 is 1.80 bits per heavy atom. The summed E-state index contributed by atoms with van der Waals surface area (Å²) in [6, 6.07) is 13.8. The van der Waals surface area contributed by atoms with E-state index in [1.54, 1.807) is 36.4 Å². The van der Waals surface area contributed by atoms with Gasteiger partial charge < -0.3 is 14.7 Å². The van der Waals surface area contributed by atoms with Gasteiger partial charge in [-0.2, -0.15) is 13.2 Å². The number of benzene rings is 3. The average Bonchev–Trinajstić information content (AvgIpc) is 2.88. The molecular formula is C28H28ClF3N2O5S. The number of hydrogen-bond donors (Lipinski definition) is 2. The van der Waals surface area contributed by atoms with E-state index in [2.05, 4.69) is 4.72 Å². The normalized spacial score (nSPS) is 14.7. The van der Waals surface area contributed by atoms with Crippen molar-refractivity contribution in [2.45, 2.75) is 37.3 Å². The molecule has 214 valence electrons. The van der Waals surface area contributed by atoms with Gasteiger partial charge in [-0.1, -0.05) is 23.7 Å². The lowest BCUT2D eigenvalue weighted by molar-refractivity contribution is -0.139. The summed E-state index contributed by atoms with van der Waals surface area (Å²) < 4.78 is 74.6. The molecule has 0 unspecified atom stereocenters. The second-order valence-electron chi connectivity index (χ2n) is 9.50. The number of piperidine rings is 1. The van der Waals surface area contributed by atoms with Gasteiger partial charge in [0.15, 0.2) is 0 Å². The first-order valence-corrected chi connectivity index (χ1v) is 14.5. The molecule has 0 saturated carbocycles. The lowest BCUT2D eigenvalue weighted by Crippen LogP contribution is -2.35. The molecule has 2 N–H and O–H groups in total. The van der Waals surface area contributed by atoms with Gasteiger partial charge in [-0.25, -0.2) is 8.42 Å². The summed E-state index contributed by atoms with van der Waals surface area (Å²) in [5.74, 6) is -0.340. The Bertz CT molecular complexity index is 1490. The second-order valence-corrected chi connectivity index (χ2v) is 11.6. The Labute approximate surface area is 235 Å². The number of alkyl halides is 3. The Balaban J connectivity index is 1.73. The third-order valence-electron chi connectivity index (χ3n) is 6.65. The molecule has 1 aliphatic rings. The maximum Gasteiger partial charge on any atom is 0.416 e. The third kappa shape index (κ3) is 7.19. The minimum absolute atomic E-state index is 0.00159. The quantitative estimate of drug-likeness (QED) is 0.278. The fourth-order valence-corrected chi connectivity index (χ4v) is 6.06. The van der Waals surface area contributed by atoms with Gasteiger partial charge in [-0.15, -0.1) is 0 Å². The van der Waals surface area contributed by atoms with Crippen molar-refractivity contribution in [3.05, 3.63) is 71.2 Å². The van der Waals surface area contributed by atoms with Crippen LogP contribution in [-0.4, -0.2) is 39.2 Å². The number of halogens is 4. The smallest absolute Gasteiger partial charge is 0.416 e. The summed E-state index contributed by atoms with van der Waals surface area (Å²) >= 11 is 6.28. The topological polar surface area (TPSA) is 95.9 Å². The van der Waals surface area contributed by atoms with E-state index >= 15 is 0 Å². The molecule has 1 saturated heterocycles. The van der Waals surface area contributed by atoms with Gasteiger partial charge in [-0.3, -0.25) is 9.52 Å². The van der Waals surface area contributed by atoms with E-state index in [4.69, 9.17) is 21.4 Å². The first-order chi connectivity index (χ1) is 18.9. The molecule has 0 radical (unpaired) electrons. The maximum absolute atomic E-state index is 13.3. The van der Waals surface area contributed by atoms with Crippen LogP contribution in [0, 0.1) is 5.92 Å². The van der Waals surface area contributed by atoms with Crippen molar-refractivity contribution in [2.75, 3.05) is 29.3 Å². The average molecular weight is 597 g/mol. The largest absolute Gasteiger partial charge is 0.494 e. The minimum atomic E-state index is -4.71. The number of rotatable bonds is 9. The highest BCUT2D eigenvalue weighted by Gasteiger charge is 2.32. The highest BCUT2D eigenvalue weighted by molar-refractivity contribution is 7.92. The maximum atomic E-state index is 13.3. The van der Waals surface area contributed by atoms with E-state index in [9.17, 15) is 26.4 Å². The van der Waals surface area contributed by atoms with E-state index in [0.29, 0.717) is 66.2 Å². The van der Waals surface area contributed by atoms with Crippen LogP contribution in [0.3, 0.4) is 0 Å². The fourth-order valence-electron chi connectivity index (χ4n) is 4.72. The van der Waals surface area contributed by atoms with Crippen molar-refractivity contribution in [2.24, 2.45) is 5.92 Å². The summed E-state index contributed by atoms with van der Waals surface area (Å²) in [5, 5.41) is 9.54. The standard InChI is InChI=1S/C28H28ClF3N2O5S/c1-2-39-23-14-20(13-22(29)17-23)19-6-7-26(34-10-8-18(9-11-34)12-27(35)36)25(15-19)33-40(37,38)24-5-3-4-21(16-24)28(30,31)32/h3-7,13-18,33H,2,8-12H2,1H3,(H,35,36). The van der Waals surface area contributed by atoms with Gasteiger partial charge in [0, 0.05) is 24.5 Å². The van der Waals surface area contributed by atoms with Crippen LogP contribution in [0.25, 0.3) is 11.1 Å². The van der Waals surface area contributed by atoms with E-state index < -0.39 is 32.6 Å². The Morgan fingerprint density at radius 3 is 2.45 bits per heavy atom. The number of sulfonamides is 1. The van der Waals surface area contributed by atoms with Crippen LogP contribution in [0.5, 0.6) is 5.75 Å². The number of hydrogen-bond acceptors (Lipinski definition) is 5. The molecule has 0 aliphatic carbocycles. The third-order valence-corrected chi connectivity index (χ3v) is 8.23. The van der Waals surface area contributed by atoms with Crippen LogP contribution in [0.1, 0.15) is 31.7 Å². The molecule has 40 heavy (non-hydrogen) atoms. The lowest BCUT2D eigenvalue weighted by Gasteiger charge is -2.34. The summed E-state index contributed by atoms with van der Waals surface area (Å²) in [7, 11) is -4.41. The number of carboxylic acids is 1. The van der Waals surface area contributed by atoms with Crippen LogP contribution < -0.4 is 14.4 Å². The number of aliphatic carboxylic acids is 1. The molecule has 3 aromatic rings. The molecule has 0 bridgehead atoms. The molecule has 3 aromatic carbocycles. The molecule has 0 aromatic heterocycles. The first-order valence-electron chi connectivity index (χ1n) is 12.6. The zero-order chi connectivity index (χ0) is 29.1. The molecule has 0 spiro atoms. The van der Waals surface area contributed by atoms with Gasteiger partial charge in [0.25, 0.3) is 10.0 Å². The van der Waals surface area contributed by atoms with Crippen molar-refractivity contribution < 1.29 is 36.2 Å². The Kier molecular flexibility index (Phi) is 8.84. The van der Waals surface area contributed by atoms with Gasteiger partial charge in [0.05, 0.1) is 28.4 Å². The van der Waals surface area contributed by atoms with Crippen LogP contribution in [0.4, 0.5) is 24.5 Å². The number of nitrogens with one attached hydrogen (secondary N) is 1. The molecule has 1 fully saturated rings. The van der Waals surface area contributed by atoms with Crippen LogP contribution in [0.2, 0.25) is 5.02 Å². The van der Waals surface area contributed by atoms with Gasteiger partial charge in [-0.05, 0) is 85.3 Å². The number of carbonyl (C=O) groups is 1. The summed E-state index contributed by atoms with van der Waals surface area (Å²) in [5.41, 5.74) is 0.883. The second kappa shape index (κ2) is 12.0. The monoisotopic (exact) mass is 596 g/mol. The summed E-state index contributed by atoms with van der Waals surface area (Å²) in [4.78, 5) is 12.5. The van der Waals surface area contributed by atoms with E-state index in [-0.39, 0.29) is 18.0 Å². The molecule has 4 rings (SSSR count). The van der Waals surface area contributed by atoms with E-state index in [0.717, 1.165) is 18.2 Å². The van der Waals surface area contributed by atoms with Crippen molar-refractivity contribution >= 4 is 39.0 Å². The highest BCUT2D eigenvalue weighted by atomic mass is 35.5. The summed E-state index contributed by atoms with van der Waals surface area (Å²) in [6.07, 6.45) is -3.46. The zero-order valence-electron chi connectivity index (χ0n) is 21.5. The van der Waals surface area contributed by atoms with E-state index in [1.807, 2.05) is 11.8 Å². The number of ether oxygens (including phenoxy) is 1. The molecule has 0 atom stereocenters. The Morgan fingerprint density at radius 1 is 1.07 bits per heavy atom. The predicted octanol–water partition coefficient (Wildman–Crippen LogP) is 6.92. The Hall–Kier alpha value is -3.44. The van der Waals surface area contributed by atoms with Gasteiger partial charge >= 0.3 is 12.1 Å². The van der Waals surface area contributed by atoms with Crippen LogP contribution in [0.15, 0.2) is 65.6 Å². The highest BCUT2D eigenvalue weighted by Crippen LogP contribution is 2.38. The van der Waals surface area contributed by atoms with Crippen molar-refractivity contribution in [3.63, 3.8) is 0 Å². The number of carboxylic acid groups (broad SMARTS) is 1. The van der Waals surface area contributed by atoms with Gasteiger partial charge in [0.2, 0.25) is 0 Å². The van der Waals surface area contributed by atoms with Crippen LogP contribution >= 0.6 is 11.6 Å². The molecule has 1 heterocycles. The molecule has 7 nitrogen and oxygen atoms in total. The fraction of sp³-hybridized carbons (Fsp3) is 0.321. The molecule has 12 heteroatoms. The number of nitrogens with zero attached hydrogens (tertiary/aromatic N) is 1. The molecule has 0 amide bonds. The first kappa shape index (κ1) is 29.5. The zero-order valence-corrected chi connectivity index (χ0v) is 23.1. The number of anilines is 2. The minimum Gasteiger partial charge on any atom is -0.494 e. The molecular weight excluding hydrogens is 569 g/mol. The van der Waals surface area contributed by atoms with Gasteiger partial charge in [0.1, 0.15) is 5.75 Å². The predicted molar refractivity (Wildman–Crippen MR) is 147 cm³/mol. The van der Waals surface area contributed by atoms with Crippen molar-refractivity contribution in [1.82, 2.24) is 0 Å². The van der Waals surface area contributed by atoms with Crippen LogP contribution in [-0.2, 0) is 21.0 Å². The van der Waals surface area contributed by atoms with Crippen molar-refractivity contribution in [3.8, 4) is 16.9 Å². The summed E-state index contributed by atoms with van der Waals surface area (Å²) in [6.45, 7) is 3.22.